The van der Waals surface area contributed by atoms with Gasteiger partial charge in [-0.2, -0.15) is 0 Å². The van der Waals surface area contributed by atoms with E-state index in [4.69, 9.17) is 4.74 Å². The van der Waals surface area contributed by atoms with Gasteiger partial charge in [-0.15, -0.1) is 0 Å². The number of nitrogens with one attached hydrogen (secondary N) is 1. The highest BCUT2D eigenvalue weighted by molar-refractivity contribution is 6.06. The van der Waals surface area contributed by atoms with Crippen LogP contribution in [0.5, 0.6) is 5.75 Å². The fourth-order valence-electron chi connectivity index (χ4n) is 3.10. The van der Waals surface area contributed by atoms with Crippen LogP contribution in [-0.4, -0.2) is 62.0 Å². The Bertz CT molecular complexity index is 842. The Morgan fingerprint density at radius 1 is 1.00 bits per heavy atom. The van der Waals surface area contributed by atoms with Crippen LogP contribution in [0, 0.1) is 6.92 Å². The van der Waals surface area contributed by atoms with Crippen molar-refractivity contribution in [1.29, 1.82) is 0 Å². The van der Waals surface area contributed by atoms with E-state index in [1.54, 1.807) is 31.4 Å². The molecule has 2 aromatic rings. The zero-order valence-corrected chi connectivity index (χ0v) is 16.0. The van der Waals surface area contributed by atoms with Crippen molar-refractivity contribution in [3.05, 3.63) is 59.2 Å². The Morgan fingerprint density at radius 2 is 1.70 bits per heavy atom. The number of nitrogens with zero attached hydrogens (tertiary/aromatic N) is 2. The number of likely N-dealkylation sites (N-methyl/N-ethyl adjacent to an activating group) is 1. The van der Waals surface area contributed by atoms with Crippen LogP contribution in [-0.2, 0) is 0 Å². The molecule has 6 nitrogen and oxygen atoms in total. The highest BCUT2D eigenvalue weighted by Crippen LogP contribution is 2.26. The smallest absolute Gasteiger partial charge is 0.255 e. The lowest BCUT2D eigenvalue weighted by atomic mass is 10.1. The van der Waals surface area contributed by atoms with E-state index in [0.29, 0.717) is 35.7 Å². The van der Waals surface area contributed by atoms with Crippen LogP contribution in [0.1, 0.15) is 26.3 Å². The zero-order chi connectivity index (χ0) is 19.4. The van der Waals surface area contributed by atoms with E-state index in [-0.39, 0.29) is 11.8 Å². The summed E-state index contributed by atoms with van der Waals surface area (Å²) < 4.78 is 5.31. The maximum absolute atomic E-state index is 12.7. The minimum absolute atomic E-state index is 0.0362. The number of methoxy groups -OCH3 is 1. The average molecular weight is 367 g/mol. The summed E-state index contributed by atoms with van der Waals surface area (Å²) in [6.07, 6.45) is 0. The van der Waals surface area contributed by atoms with Crippen LogP contribution >= 0.6 is 0 Å². The molecule has 2 aromatic carbocycles. The Labute approximate surface area is 159 Å². The maximum Gasteiger partial charge on any atom is 0.255 e. The largest absolute Gasteiger partial charge is 0.495 e. The van der Waals surface area contributed by atoms with Crippen molar-refractivity contribution in [2.45, 2.75) is 6.92 Å². The normalized spacial score (nSPS) is 14.7. The summed E-state index contributed by atoms with van der Waals surface area (Å²) in [5.74, 6) is 0.288. The summed E-state index contributed by atoms with van der Waals surface area (Å²) in [6, 6.07) is 12.4. The second-order valence-corrected chi connectivity index (χ2v) is 6.83. The molecule has 0 unspecified atom stereocenters. The maximum atomic E-state index is 12.7. The SMILES string of the molecule is COc1ccc(C)cc1NC(=O)c1cccc(C(=O)N2CCN(C)CC2)c1. The third-order valence-corrected chi connectivity index (χ3v) is 4.77. The first-order valence-electron chi connectivity index (χ1n) is 9.02. The number of amides is 2. The van der Waals surface area contributed by atoms with Crippen molar-refractivity contribution in [1.82, 2.24) is 9.80 Å². The number of anilines is 1. The van der Waals surface area contributed by atoms with Gasteiger partial charge in [-0.05, 0) is 49.9 Å². The minimum Gasteiger partial charge on any atom is -0.495 e. The van der Waals surface area contributed by atoms with Gasteiger partial charge in [0, 0.05) is 37.3 Å². The average Bonchev–Trinajstić information content (AvgIpc) is 2.68. The molecule has 6 heteroatoms. The molecule has 0 radical (unpaired) electrons. The molecule has 1 fully saturated rings. The summed E-state index contributed by atoms with van der Waals surface area (Å²) in [5.41, 5.74) is 2.60. The lowest BCUT2D eigenvalue weighted by Crippen LogP contribution is -2.47. The zero-order valence-electron chi connectivity index (χ0n) is 16.0. The Morgan fingerprint density at radius 3 is 2.41 bits per heavy atom. The second kappa shape index (κ2) is 8.22. The molecule has 0 atom stereocenters. The number of ether oxygens (including phenoxy) is 1. The molecule has 1 aliphatic rings. The number of carbonyl (C=O) groups excluding carboxylic acids is 2. The van der Waals surface area contributed by atoms with Gasteiger partial charge in [0.25, 0.3) is 11.8 Å². The lowest BCUT2D eigenvalue weighted by Gasteiger charge is -2.32. The Balaban J connectivity index is 1.76. The molecule has 1 heterocycles. The van der Waals surface area contributed by atoms with Gasteiger partial charge in [0.05, 0.1) is 12.8 Å². The van der Waals surface area contributed by atoms with Gasteiger partial charge in [0.15, 0.2) is 0 Å². The Kier molecular flexibility index (Phi) is 5.76. The van der Waals surface area contributed by atoms with Crippen LogP contribution in [0.3, 0.4) is 0 Å². The molecule has 0 aromatic heterocycles. The number of rotatable bonds is 4. The van der Waals surface area contributed by atoms with Crippen LogP contribution in [0.2, 0.25) is 0 Å². The van der Waals surface area contributed by atoms with Crippen molar-refractivity contribution in [2.75, 3.05) is 45.7 Å². The van der Waals surface area contributed by atoms with Gasteiger partial charge < -0.3 is 19.9 Å². The van der Waals surface area contributed by atoms with Gasteiger partial charge in [0.1, 0.15) is 5.75 Å². The molecule has 1 saturated heterocycles. The molecule has 0 spiro atoms. The molecule has 0 bridgehead atoms. The van der Waals surface area contributed by atoms with Gasteiger partial charge in [-0.25, -0.2) is 0 Å². The van der Waals surface area contributed by atoms with Crippen molar-refractivity contribution >= 4 is 17.5 Å². The highest BCUT2D eigenvalue weighted by atomic mass is 16.5. The van der Waals surface area contributed by atoms with Crippen LogP contribution < -0.4 is 10.1 Å². The van der Waals surface area contributed by atoms with Crippen LogP contribution in [0.15, 0.2) is 42.5 Å². The summed E-state index contributed by atoms with van der Waals surface area (Å²) in [5, 5.41) is 2.87. The first-order chi connectivity index (χ1) is 13.0. The Hall–Kier alpha value is -2.86. The van der Waals surface area contributed by atoms with Crippen LogP contribution in [0.25, 0.3) is 0 Å². The first kappa shape index (κ1) is 18.9. The first-order valence-corrected chi connectivity index (χ1v) is 9.02. The van der Waals surface area contributed by atoms with E-state index >= 15 is 0 Å². The minimum atomic E-state index is -0.271. The summed E-state index contributed by atoms with van der Waals surface area (Å²) in [4.78, 5) is 29.5. The fourth-order valence-corrected chi connectivity index (χ4v) is 3.10. The topological polar surface area (TPSA) is 61.9 Å². The van der Waals surface area contributed by atoms with Crippen molar-refractivity contribution in [3.8, 4) is 5.75 Å². The van der Waals surface area contributed by atoms with E-state index in [1.165, 1.54) is 0 Å². The monoisotopic (exact) mass is 367 g/mol. The van der Waals surface area contributed by atoms with E-state index in [2.05, 4.69) is 10.2 Å². The fraction of sp³-hybridized carbons (Fsp3) is 0.333. The summed E-state index contributed by atoms with van der Waals surface area (Å²) in [6.45, 7) is 5.07. The predicted octanol–water partition coefficient (Wildman–Crippen LogP) is 2.64. The molecule has 27 heavy (non-hydrogen) atoms. The molecule has 0 aliphatic carbocycles. The van der Waals surface area contributed by atoms with Crippen molar-refractivity contribution < 1.29 is 14.3 Å². The molecule has 0 saturated carbocycles. The third kappa shape index (κ3) is 4.46. The second-order valence-electron chi connectivity index (χ2n) is 6.83. The number of carbonyl (C=O) groups is 2. The van der Waals surface area contributed by atoms with E-state index in [0.717, 1.165) is 18.7 Å². The van der Waals surface area contributed by atoms with E-state index < -0.39 is 0 Å². The summed E-state index contributed by atoms with van der Waals surface area (Å²) >= 11 is 0. The summed E-state index contributed by atoms with van der Waals surface area (Å²) in [7, 11) is 3.61. The number of aryl methyl sites for hydroxylation is 1. The quantitative estimate of drug-likeness (QED) is 0.902. The van der Waals surface area contributed by atoms with Gasteiger partial charge in [-0.3, -0.25) is 9.59 Å². The number of hydrogen-bond acceptors (Lipinski definition) is 4. The molecule has 1 N–H and O–H groups in total. The molecule has 3 rings (SSSR count). The van der Waals surface area contributed by atoms with Gasteiger partial charge in [0.2, 0.25) is 0 Å². The molecule has 142 valence electrons. The molecular formula is C21H25N3O3. The molecular weight excluding hydrogens is 342 g/mol. The highest BCUT2D eigenvalue weighted by Gasteiger charge is 2.21. The van der Waals surface area contributed by atoms with Gasteiger partial charge in [-0.1, -0.05) is 12.1 Å². The third-order valence-electron chi connectivity index (χ3n) is 4.77. The number of benzene rings is 2. The van der Waals surface area contributed by atoms with Crippen molar-refractivity contribution in [2.24, 2.45) is 0 Å². The number of hydrogen-bond donors (Lipinski definition) is 1. The van der Waals surface area contributed by atoms with Crippen LogP contribution in [0.4, 0.5) is 5.69 Å². The standard InChI is InChI=1S/C21H25N3O3/c1-15-7-8-19(27-3)18(13-15)22-20(25)16-5-4-6-17(14-16)21(26)24-11-9-23(2)10-12-24/h4-8,13-14H,9-12H2,1-3H3,(H,22,25). The van der Waals surface area contributed by atoms with Crippen molar-refractivity contribution in [3.63, 3.8) is 0 Å². The lowest BCUT2D eigenvalue weighted by molar-refractivity contribution is 0.0664. The predicted molar refractivity (Wildman–Crippen MR) is 106 cm³/mol. The van der Waals surface area contributed by atoms with E-state index in [9.17, 15) is 9.59 Å². The number of piperazine rings is 1. The van der Waals surface area contributed by atoms with Gasteiger partial charge >= 0.3 is 0 Å². The molecule has 2 amide bonds. The van der Waals surface area contributed by atoms with E-state index in [1.807, 2.05) is 37.1 Å². The molecule has 1 aliphatic heterocycles.